The number of rotatable bonds is 7. The van der Waals surface area contributed by atoms with Crippen molar-refractivity contribution in [3.63, 3.8) is 0 Å². The topological polar surface area (TPSA) is 77.8 Å². The van der Waals surface area contributed by atoms with Gasteiger partial charge < -0.3 is 14.6 Å². The lowest BCUT2D eigenvalue weighted by Gasteiger charge is -2.15. The molecule has 0 bridgehead atoms. The summed E-state index contributed by atoms with van der Waals surface area (Å²) in [5.74, 6) is 0.821. The zero-order valence-corrected chi connectivity index (χ0v) is 15.2. The van der Waals surface area contributed by atoms with Gasteiger partial charge in [0.15, 0.2) is 5.82 Å². The van der Waals surface area contributed by atoms with Gasteiger partial charge in [-0.1, -0.05) is 19.6 Å². The van der Waals surface area contributed by atoms with Crippen LogP contribution in [0.4, 0.5) is 11.8 Å². The summed E-state index contributed by atoms with van der Waals surface area (Å²) in [5.41, 5.74) is 0. The van der Waals surface area contributed by atoms with E-state index in [0.29, 0.717) is 12.5 Å². The Morgan fingerprint density at radius 2 is 1.86 bits per heavy atom. The molecule has 0 amide bonds. The van der Waals surface area contributed by atoms with Gasteiger partial charge in [0, 0.05) is 14.7 Å². The van der Waals surface area contributed by atoms with Gasteiger partial charge in [0.05, 0.1) is 12.5 Å². The monoisotopic (exact) mass is 360 g/mol. The summed E-state index contributed by atoms with van der Waals surface area (Å²) in [6.45, 7) is 8.18. The molecule has 7 nitrogen and oxygen atoms in total. The molecule has 0 aliphatic carbocycles. The van der Waals surface area contributed by atoms with E-state index in [1.165, 1.54) is 0 Å². The number of anilines is 2. The largest absolute Gasteiger partial charge is 0.361 e. The van der Waals surface area contributed by atoms with Crippen LogP contribution in [-0.4, -0.2) is 39.2 Å². The van der Waals surface area contributed by atoms with Gasteiger partial charge >= 0.3 is 0 Å². The quantitative estimate of drug-likeness (QED) is 0.601. The van der Waals surface area contributed by atoms with E-state index in [4.69, 9.17) is 27.9 Å². The van der Waals surface area contributed by atoms with Gasteiger partial charge in [0.25, 0.3) is 0 Å². The smallest absolute Gasteiger partial charge is 0.234 e. The SMILES string of the molecule is C[Si](C)(C)CCOCn1cnc(Nc2nc(Cl)nc(Cl)n2)c1. The fourth-order valence-corrected chi connectivity index (χ4v) is 2.66. The van der Waals surface area contributed by atoms with Crippen molar-refractivity contribution in [2.75, 3.05) is 11.9 Å². The number of nitrogens with one attached hydrogen (secondary N) is 1. The Labute approximate surface area is 140 Å². The van der Waals surface area contributed by atoms with Crippen molar-refractivity contribution < 1.29 is 4.74 Å². The molecule has 0 saturated carbocycles. The third kappa shape index (κ3) is 5.88. The number of hydrogen-bond donors (Lipinski definition) is 1. The second-order valence-electron chi connectivity index (χ2n) is 5.94. The predicted octanol–water partition coefficient (Wildman–Crippen LogP) is 3.43. The molecular weight excluding hydrogens is 343 g/mol. The van der Waals surface area contributed by atoms with Crippen molar-refractivity contribution in [2.24, 2.45) is 0 Å². The third-order valence-electron chi connectivity index (χ3n) is 2.69. The van der Waals surface area contributed by atoms with Crippen LogP contribution in [0.3, 0.4) is 0 Å². The van der Waals surface area contributed by atoms with Crippen LogP contribution < -0.4 is 5.32 Å². The summed E-state index contributed by atoms with van der Waals surface area (Å²) < 4.78 is 7.47. The maximum atomic E-state index is 5.71. The molecule has 0 saturated heterocycles. The molecule has 2 rings (SSSR count). The van der Waals surface area contributed by atoms with Crippen LogP contribution in [0.2, 0.25) is 36.3 Å². The molecular formula is C12H18Cl2N6OSi. The van der Waals surface area contributed by atoms with Gasteiger partial charge in [0.2, 0.25) is 16.5 Å². The van der Waals surface area contributed by atoms with Gasteiger partial charge in [-0.3, -0.25) is 0 Å². The van der Waals surface area contributed by atoms with Crippen molar-refractivity contribution in [1.82, 2.24) is 24.5 Å². The van der Waals surface area contributed by atoms with Gasteiger partial charge in [-0.25, -0.2) is 4.98 Å². The molecule has 0 atom stereocenters. The van der Waals surface area contributed by atoms with Crippen molar-refractivity contribution >= 4 is 43.0 Å². The maximum absolute atomic E-state index is 5.71. The fraction of sp³-hybridized carbons (Fsp3) is 0.500. The van der Waals surface area contributed by atoms with E-state index in [1.807, 2.05) is 4.57 Å². The van der Waals surface area contributed by atoms with E-state index in [2.05, 4.69) is 44.9 Å². The molecule has 2 aromatic rings. The molecule has 120 valence electrons. The first-order valence-electron chi connectivity index (χ1n) is 6.75. The minimum absolute atomic E-state index is 0.0246. The Balaban J connectivity index is 1.86. The minimum Gasteiger partial charge on any atom is -0.361 e. The Morgan fingerprint density at radius 1 is 1.18 bits per heavy atom. The van der Waals surface area contributed by atoms with Gasteiger partial charge in [-0.15, -0.1) is 0 Å². The average molecular weight is 361 g/mol. The Hall–Kier alpha value is -1.22. The summed E-state index contributed by atoms with van der Waals surface area (Å²) >= 11 is 11.4. The minimum atomic E-state index is -1.06. The first-order chi connectivity index (χ1) is 10.3. The molecule has 0 aliphatic heterocycles. The standard InChI is InChI=1S/C12H18Cl2N6OSi/c1-22(2,3)5-4-21-8-20-6-9(15-7-20)16-12-18-10(13)17-11(14)19-12/h6-7H,4-5,8H2,1-3H3,(H,16,17,18,19). The molecule has 0 aromatic carbocycles. The fourth-order valence-electron chi connectivity index (χ4n) is 1.54. The summed E-state index contributed by atoms with van der Waals surface area (Å²) in [4.78, 5) is 15.7. The van der Waals surface area contributed by atoms with E-state index in [0.717, 1.165) is 12.7 Å². The van der Waals surface area contributed by atoms with Gasteiger partial charge in [0.1, 0.15) is 6.73 Å². The predicted molar refractivity (Wildman–Crippen MR) is 89.5 cm³/mol. The van der Waals surface area contributed by atoms with Crippen molar-refractivity contribution in [2.45, 2.75) is 32.4 Å². The first kappa shape index (κ1) is 17.1. The maximum Gasteiger partial charge on any atom is 0.234 e. The average Bonchev–Trinajstić information content (AvgIpc) is 2.80. The van der Waals surface area contributed by atoms with Crippen LogP contribution in [0.15, 0.2) is 12.5 Å². The number of imidazole rings is 1. The van der Waals surface area contributed by atoms with Crippen LogP contribution in [0.1, 0.15) is 0 Å². The van der Waals surface area contributed by atoms with Crippen molar-refractivity contribution in [3.8, 4) is 0 Å². The number of halogens is 2. The summed E-state index contributed by atoms with van der Waals surface area (Å²) in [6, 6.07) is 1.13. The second kappa shape index (κ2) is 7.36. The lowest BCUT2D eigenvalue weighted by atomic mass is 10.7. The Morgan fingerprint density at radius 3 is 2.50 bits per heavy atom. The van der Waals surface area contributed by atoms with Crippen molar-refractivity contribution in [3.05, 3.63) is 23.1 Å². The van der Waals surface area contributed by atoms with Crippen LogP contribution >= 0.6 is 23.2 Å². The zero-order chi connectivity index (χ0) is 16.2. The molecule has 2 aromatic heterocycles. The lowest BCUT2D eigenvalue weighted by Crippen LogP contribution is -2.21. The highest BCUT2D eigenvalue weighted by Crippen LogP contribution is 2.14. The molecule has 22 heavy (non-hydrogen) atoms. The van der Waals surface area contributed by atoms with E-state index in [9.17, 15) is 0 Å². The first-order valence-corrected chi connectivity index (χ1v) is 11.2. The zero-order valence-electron chi connectivity index (χ0n) is 12.7. The molecule has 0 spiro atoms. The highest BCUT2D eigenvalue weighted by atomic mass is 35.5. The molecule has 10 heteroatoms. The molecule has 0 unspecified atom stereocenters. The van der Waals surface area contributed by atoms with Crippen molar-refractivity contribution in [1.29, 1.82) is 0 Å². The highest BCUT2D eigenvalue weighted by molar-refractivity contribution is 6.76. The normalized spacial score (nSPS) is 11.7. The molecule has 0 aliphatic rings. The molecule has 0 fully saturated rings. The highest BCUT2D eigenvalue weighted by Gasteiger charge is 2.12. The Bertz CT molecular complexity index is 610. The van der Waals surface area contributed by atoms with E-state index in [1.54, 1.807) is 12.5 Å². The summed E-state index contributed by atoms with van der Waals surface area (Å²) in [7, 11) is -1.06. The lowest BCUT2D eigenvalue weighted by molar-refractivity contribution is 0.0872. The molecule has 1 N–H and O–H groups in total. The summed E-state index contributed by atoms with van der Waals surface area (Å²) in [5, 5.41) is 2.96. The molecule has 0 radical (unpaired) electrons. The number of aromatic nitrogens is 5. The van der Waals surface area contributed by atoms with Crippen LogP contribution in [-0.2, 0) is 11.5 Å². The third-order valence-corrected chi connectivity index (χ3v) is 4.73. The van der Waals surface area contributed by atoms with Gasteiger partial charge in [-0.2, -0.15) is 15.0 Å². The van der Waals surface area contributed by atoms with Crippen LogP contribution in [0, 0.1) is 0 Å². The van der Waals surface area contributed by atoms with E-state index >= 15 is 0 Å². The van der Waals surface area contributed by atoms with Crippen LogP contribution in [0.5, 0.6) is 0 Å². The number of nitrogens with zero attached hydrogens (tertiary/aromatic N) is 5. The Kier molecular flexibility index (Phi) is 5.73. The van der Waals surface area contributed by atoms with Crippen LogP contribution in [0.25, 0.3) is 0 Å². The second-order valence-corrected chi connectivity index (χ2v) is 12.2. The summed E-state index contributed by atoms with van der Waals surface area (Å²) in [6.07, 6.45) is 3.46. The number of ether oxygens (including phenoxy) is 1. The van der Waals surface area contributed by atoms with Gasteiger partial charge in [-0.05, 0) is 29.2 Å². The molecule has 2 heterocycles. The van der Waals surface area contributed by atoms with E-state index < -0.39 is 8.07 Å². The number of hydrogen-bond acceptors (Lipinski definition) is 6. The van der Waals surface area contributed by atoms with E-state index in [-0.39, 0.29) is 16.5 Å².